The minimum atomic E-state index is -0.472. The summed E-state index contributed by atoms with van der Waals surface area (Å²) in [6, 6.07) is 56.8. The second kappa shape index (κ2) is 25.5. The third-order valence-electron chi connectivity index (χ3n) is 15.9. The van der Waals surface area contributed by atoms with Crippen molar-refractivity contribution >= 4 is 130 Å². The first-order chi connectivity index (χ1) is 41.8. The van der Waals surface area contributed by atoms with E-state index in [2.05, 4.69) is 245 Å². The number of amides is 3. The zero-order valence-electron chi connectivity index (χ0n) is 46.4. The fraction of sp³-hybridized carbons (Fsp3) is 0.130. The Labute approximate surface area is 551 Å². The maximum atomic E-state index is 12.8. The van der Waals surface area contributed by atoms with Gasteiger partial charge in [0, 0.05) is 87.4 Å². The number of piperazine rings is 1. The van der Waals surface area contributed by atoms with E-state index in [1.54, 1.807) is 0 Å². The van der Waals surface area contributed by atoms with Crippen LogP contribution in [0.25, 0.3) is 67.2 Å². The van der Waals surface area contributed by atoms with E-state index >= 15 is 0 Å². The number of rotatable bonds is 10. The van der Waals surface area contributed by atoms with E-state index in [1.165, 1.54) is 110 Å². The number of aromatic nitrogens is 3. The van der Waals surface area contributed by atoms with Crippen LogP contribution < -0.4 is 16.4 Å². The van der Waals surface area contributed by atoms with Crippen LogP contribution in [0.15, 0.2) is 180 Å². The maximum absolute atomic E-state index is 12.8. The summed E-state index contributed by atoms with van der Waals surface area (Å²) in [6.45, 7) is 5.31. The summed E-state index contributed by atoms with van der Waals surface area (Å²) in [5.41, 5.74) is 29.6. The lowest BCUT2D eigenvalue weighted by Gasteiger charge is -2.32. The maximum Gasteiger partial charge on any atom is 0.277 e. The van der Waals surface area contributed by atoms with Gasteiger partial charge in [0.05, 0.1) is 17.1 Å². The molecule has 1 fully saturated rings. The normalized spacial score (nSPS) is 13.4. The number of nitrogens with one attached hydrogen (secondary N) is 2. The Morgan fingerprint density at radius 2 is 0.884 bits per heavy atom. The van der Waals surface area contributed by atoms with Crippen molar-refractivity contribution < 1.29 is 14.4 Å². The highest BCUT2D eigenvalue weighted by Crippen LogP contribution is 2.42. The van der Waals surface area contributed by atoms with Crippen LogP contribution in [-0.2, 0) is 25.8 Å². The highest BCUT2D eigenvalue weighted by atomic mass is 127. The van der Waals surface area contributed by atoms with Crippen molar-refractivity contribution in [2.75, 3.05) is 43.9 Å². The van der Waals surface area contributed by atoms with Crippen LogP contribution >= 0.6 is 102 Å². The Bertz CT molecular complexity index is 4410. The molecule has 0 radical (unpaired) electrons. The number of thiazole rings is 3. The molecule has 3 aromatic heterocycles. The van der Waals surface area contributed by atoms with Crippen LogP contribution in [0, 0.1) is 10.7 Å². The molecule has 4 heterocycles. The van der Waals surface area contributed by atoms with Crippen LogP contribution in [0.1, 0.15) is 69.5 Å². The van der Waals surface area contributed by atoms with Crippen LogP contribution in [0.4, 0.5) is 10.3 Å². The fourth-order valence-corrected chi connectivity index (χ4v) is 15.6. The molecule has 0 bridgehead atoms. The molecule has 11 nitrogen and oxygen atoms in total. The molecule has 0 spiro atoms. The van der Waals surface area contributed by atoms with E-state index in [0.717, 1.165) is 92.9 Å². The van der Waals surface area contributed by atoms with Gasteiger partial charge in [-0.2, -0.15) is 0 Å². The SMILES string of the molecule is CN1CCN(Cc2ccc(C(=O)Nc3nc(-c4ccc5c(c4)Cc4ccccc4-5)cs3)cc2)CC1.NC(=O)c1nc(-c2ccc3c(c2)Cc2ccccc2-3)cs1.O=C(Nc1nc(-c2ccc3c(c2)Cc2ccccc2-3)cs1)c1cc(I)c(I)c(I)c1. The number of likely N-dealkylation sites (N-methyl/N-ethyl adjacent to an activating group) is 1. The molecule has 8 aromatic carbocycles. The third kappa shape index (κ3) is 12.6. The van der Waals surface area contributed by atoms with Crippen molar-refractivity contribution in [3.8, 4) is 67.2 Å². The summed E-state index contributed by atoms with van der Waals surface area (Å²) in [4.78, 5) is 55.2. The average molecular weight is 1520 g/mol. The number of nitrogens with two attached hydrogens (primary N) is 1. The van der Waals surface area contributed by atoms with E-state index in [1.807, 2.05) is 40.4 Å². The van der Waals surface area contributed by atoms with Crippen molar-refractivity contribution in [2.24, 2.45) is 5.73 Å². The monoisotopic (exact) mass is 1520 g/mol. The topological polar surface area (TPSA) is 146 Å². The molecule has 17 heteroatoms. The molecule has 1 saturated heterocycles. The van der Waals surface area contributed by atoms with Crippen LogP contribution in [0.5, 0.6) is 0 Å². The van der Waals surface area contributed by atoms with E-state index in [4.69, 9.17) is 10.7 Å². The quantitative estimate of drug-likeness (QED) is 0.0906. The van der Waals surface area contributed by atoms with Gasteiger partial charge in [-0.15, -0.1) is 34.0 Å². The summed E-state index contributed by atoms with van der Waals surface area (Å²) in [5.74, 6) is -0.728. The second-order valence-electron chi connectivity index (χ2n) is 21.5. The highest BCUT2D eigenvalue weighted by Gasteiger charge is 2.23. The van der Waals surface area contributed by atoms with E-state index in [9.17, 15) is 14.4 Å². The molecule has 86 heavy (non-hydrogen) atoms. The first-order valence-electron chi connectivity index (χ1n) is 27.9. The predicted octanol–water partition coefficient (Wildman–Crippen LogP) is 16.3. The largest absolute Gasteiger partial charge is 0.364 e. The number of nitrogens with zero attached hydrogens (tertiary/aromatic N) is 5. The lowest BCUT2D eigenvalue weighted by atomic mass is 10.0. The van der Waals surface area contributed by atoms with Gasteiger partial charge in [-0.25, -0.2) is 15.0 Å². The van der Waals surface area contributed by atoms with Gasteiger partial charge < -0.3 is 10.6 Å². The smallest absolute Gasteiger partial charge is 0.277 e. The number of primary amides is 1. The summed E-state index contributed by atoms with van der Waals surface area (Å²) in [5, 5.41) is 13.4. The standard InChI is InChI=1S/C29H28N4OS.C23H13I3N2OS.C17H12N2OS/c1-32-12-14-33(15-13-32)18-20-6-8-21(9-7-20)28(34)31-29-30-27(19-35-29)23-10-11-26-24(17-23)16-22-4-2-3-5-25(22)26;24-18-9-15(10-19(25)21(18)26)22(29)28-23-27-20(11-30-23)13-5-6-17-14(8-13)7-12-3-1-2-4-16(12)17;18-16(20)17-19-15(9-21-17)11-5-6-14-12(8-11)7-10-3-1-2-4-13(10)14/h2-11,17,19H,12-16,18H2,1H3,(H,30,31,34);1-6,8-11H,7H2,(H,27,28,29);1-6,8-9H,7H2,(H2,18,20). The van der Waals surface area contributed by atoms with Gasteiger partial charge in [0.1, 0.15) is 0 Å². The number of halogens is 3. The van der Waals surface area contributed by atoms with E-state index in [0.29, 0.717) is 26.4 Å². The molecule has 426 valence electrons. The minimum absolute atomic E-state index is 0.124. The van der Waals surface area contributed by atoms with Crippen LogP contribution in [-0.4, -0.2) is 75.7 Å². The number of carbonyl (C=O) groups is 3. The number of hydrogen-bond acceptors (Lipinski definition) is 11. The lowest BCUT2D eigenvalue weighted by Crippen LogP contribution is -2.43. The van der Waals surface area contributed by atoms with Gasteiger partial charge >= 0.3 is 0 Å². The van der Waals surface area contributed by atoms with Gasteiger partial charge in [0.2, 0.25) is 0 Å². The number of carbonyl (C=O) groups excluding carboxylic acids is 3. The van der Waals surface area contributed by atoms with Crippen molar-refractivity contribution in [1.82, 2.24) is 24.8 Å². The van der Waals surface area contributed by atoms with Gasteiger partial charge in [0.15, 0.2) is 15.3 Å². The lowest BCUT2D eigenvalue weighted by molar-refractivity contribution is 0.0996. The number of fused-ring (bicyclic) bond motifs is 9. The summed E-state index contributed by atoms with van der Waals surface area (Å²) in [6.07, 6.45) is 2.86. The number of benzene rings is 8. The first-order valence-corrected chi connectivity index (χ1v) is 33.8. The molecule has 0 saturated carbocycles. The Morgan fingerprint density at radius 1 is 0.477 bits per heavy atom. The summed E-state index contributed by atoms with van der Waals surface area (Å²) in [7, 11) is 2.17. The molecular weight excluding hydrogens is 1470 g/mol. The van der Waals surface area contributed by atoms with E-state index < -0.39 is 5.91 Å². The first kappa shape index (κ1) is 58.2. The molecule has 1 aliphatic heterocycles. The zero-order valence-corrected chi connectivity index (χ0v) is 55.3. The Hall–Kier alpha value is -6.83. The molecule has 0 atom stereocenters. The Morgan fingerprint density at radius 3 is 1.33 bits per heavy atom. The molecular formula is C69H53I3N8O3S3. The molecule has 4 N–H and O–H groups in total. The van der Waals surface area contributed by atoms with Crippen molar-refractivity contribution in [1.29, 1.82) is 0 Å². The molecule has 0 unspecified atom stereocenters. The summed E-state index contributed by atoms with van der Waals surface area (Å²) < 4.78 is 3.31. The van der Waals surface area contributed by atoms with Gasteiger partial charge in [0.25, 0.3) is 17.7 Å². The Balaban J connectivity index is 0.000000123. The summed E-state index contributed by atoms with van der Waals surface area (Å²) >= 11 is 11.0. The average Bonchev–Trinajstić information content (AvgIpc) is 2.49. The zero-order chi connectivity index (χ0) is 59.0. The molecule has 4 aliphatic rings. The second-order valence-corrected chi connectivity index (χ2v) is 27.5. The fourth-order valence-electron chi connectivity index (χ4n) is 11.4. The molecule has 3 aliphatic carbocycles. The number of anilines is 2. The van der Waals surface area contributed by atoms with Crippen LogP contribution in [0.3, 0.4) is 0 Å². The third-order valence-corrected chi connectivity index (χ3v) is 23.2. The Kier molecular flexibility index (Phi) is 17.2. The van der Waals surface area contributed by atoms with Crippen LogP contribution in [0.2, 0.25) is 0 Å². The molecule has 3 amide bonds. The van der Waals surface area contributed by atoms with Gasteiger partial charge in [-0.05, 0) is 209 Å². The van der Waals surface area contributed by atoms with Crippen molar-refractivity contribution in [2.45, 2.75) is 25.8 Å². The van der Waals surface area contributed by atoms with Gasteiger partial charge in [-0.1, -0.05) is 121 Å². The molecule has 15 rings (SSSR count). The predicted molar refractivity (Wildman–Crippen MR) is 376 cm³/mol. The van der Waals surface area contributed by atoms with Crippen molar-refractivity contribution in [3.05, 3.63) is 246 Å². The minimum Gasteiger partial charge on any atom is -0.364 e. The molecule has 11 aromatic rings. The van der Waals surface area contributed by atoms with Gasteiger partial charge in [-0.3, -0.25) is 29.9 Å². The van der Waals surface area contributed by atoms with E-state index in [-0.39, 0.29) is 11.8 Å². The van der Waals surface area contributed by atoms with Crippen molar-refractivity contribution in [3.63, 3.8) is 0 Å². The number of hydrogen-bond donors (Lipinski definition) is 3. The highest BCUT2D eigenvalue weighted by molar-refractivity contribution is 14.1.